The molecular weight excluding hydrogens is 389 g/mol. The van der Waals surface area contributed by atoms with E-state index in [4.69, 9.17) is 20.3 Å². The number of nitrogens with zero attached hydrogens (tertiary/aromatic N) is 4. The van der Waals surface area contributed by atoms with E-state index in [0.29, 0.717) is 16.3 Å². The summed E-state index contributed by atoms with van der Waals surface area (Å²) in [6.45, 7) is 1.33. The number of aromatic nitrogens is 4. The number of nitrogens with two attached hydrogens (primary N) is 1. The van der Waals surface area contributed by atoms with Crippen LogP contribution in [0.1, 0.15) is 13.2 Å². The van der Waals surface area contributed by atoms with Gasteiger partial charge in [0, 0.05) is 0 Å². The summed E-state index contributed by atoms with van der Waals surface area (Å²) >= 11 is 1.37. The van der Waals surface area contributed by atoms with Crippen molar-refractivity contribution in [2.24, 2.45) is 0 Å². The maximum atomic E-state index is 10.8. The van der Waals surface area contributed by atoms with Gasteiger partial charge in [0.05, 0.1) is 12.9 Å². The topological polar surface area (TPSA) is 186 Å². The molecule has 3 rings (SSSR count). The van der Waals surface area contributed by atoms with Crippen LogP contribution in [-0.2, 0) is 13.8 Å². The number of thioether (sulfide) groups is 1. The molecule has 14 heteroatoms. The number of phosphoric ester groups is 1. The van der Waals surface area contributed by atoms with E-state index in [1.165, 1.54) is 22.7 Å². The van der Waals surface area contributed by atoms with Gasteiger partial charge in [-0.3, -0.25) is 9.09 Å². The van der Waals surface area contributed by atoms with Crippen molar-refractivity contribution in [2.45, 2.75) is 36.6 Å². The zero-order chi connectivity index (χ0) is 19.1. The minimum absolute atomic E-state index is 0.166. The number of fused-ring (bicyclic) bond motifs is 1. The summed E-state index contributed by atoms with van der Waals surface area (Å²) < 4.78 is 22.1. The number of phosphoric acid groups is 1. The lowest BCUT2D eigenvalue weighted by Gasteiger charge is -2.16. The molecule has 0 radical (unpaired) electrons. The highest BCUT2D eigenvalue weighted by atomic mass is 32.2. The highest BCUT2D eigenvalue weighted by Gasteiger charge is 2.45. The first-order chi connectivity index (χ1) is 12.2. The minimum atomic E-state index is -4.74. The lowest BCUT2D eigenvalue weighted by Crippen LogP contribution is -2.33. The van der Waals surface area contributed by atoms with Gasteiger partial charge in [-0.15, -0.1) is 0 Å². The number of hydrogen-bond donors (Lipinski definition) is 5. The third-order valence-electron chi connectivity index (χ3n) is 3.72. The largest absolute Gasteiger partial charge is 0.469 e. The normalized spacial score (nSPS) is 26.7. The number of anilines is 1. The van der Waals surface area contributed by atoms with Crippen molar-refractivity contribution in [1.29, 1.82) is 0 Å². The fourth-order valence-corrected chi connectivity index (χ4v) is 3.48. The molecule has 26 heavy (non-hydrogen) atoms. The molecule has 0 spiro atoms. The summed E-state index contributed by atoms with van der Waals surface area (Å²) in [5.74, 6) is 0.890. The van der Waals surface area contributed by atoms with Crippen molar-refractivity contribution < 1.29 is 33.8 Å². The van der Waals surface area contributed by atoms with E-state index in [0.717, 1.165) is 5.75 Å². The molecule has 0 aromatic carbocycles. The van der Waals surface area contributed by atoms with E-state index in [-0.39, 0.29) is 5.82 Å². The van der Waals surface area contributed by atoms with E-state index in [1.54, 1.807) is 0 Å². The molecule has 1 aliphatic rings. The van der Waals surface area contributed by atoms with Crippen LogP contribution < -0.4 is 5.73 Å². The van der Waals surface area contributed by atoms with Crippen LogP contribution in [-0.4, -0.2) is 70.2 Å². The van der Waals surface area contributed by atoms with Gasteiger partial charge in [-0.05, 0) is 5.75 Å². The molecule has 6 N–H and O–H groups in total. The standard InChI is InChI=1S/C12H18N5O7PS/c1-2-26-12-15-9(13)6-10(16-12)17(4-14-6)11-8(19)7(18)5(24-11)3-23-25(20,21)22/h4-5,7-8,11,18-19H,2-3H2,1H3,(H2,13,15,16)(H2,20,21,22)/t5-,7-,8-,11-/m1/s1. The number of nitrogen functional groups attached to an aromatic ring is 1. The molecule has 1 saturated heterocycles. The maximum absolute atomic E-state index is 10.8. The highest BCUT2D eigenvalue weighted by molar-refractivity contribution is 7.99. The Bertz CT molecular complexity index is 845. The molecule has 0 aliphatic carbocycles. The molecule has 2 aromatic heterocycles. The van der Waals surface area contributed by atoms with Crippen molar-refractivity contribution in [3.8, 4) is 0 Å². The number of rotatable bonds is 6. The van der Waals surface area contributed by atoms with E-state index >= 15 is 0 Å². The van der Waals surface area contributed by atoms with Crippen LogP contribution >= 0.6 is 19.6 Å². The first-order valence-electron chi connectivity index (χ1n) is 7.55. The second-order valence-corrected chi connectivity index (χ2v) is 7.95. The van der Waals surface area contributed by atoms with Gasteiger partial charge in [-0.1, -0.05) is 18.7 Å². The third-order valence-corrected chi connectivity index (χ3v) is 4.93. The first kappa shape index (κ1) is 19.5. The second-order valence-electron chi connectivity index (χ2n) is 5.48. The molecule has 3 heterocycles. The third kappa shape index (κ3) is 3.85. The van der Waals surface area contributed by atoms with E-state index in [2.05, 4.69) is 19.5 Å². The SMILES string of the molecule is CCSc1nc(N)c2ncn([C@@H]3O[C@H](COP(=O)(O)O)[C@@H](O)[C@H]3O)c2n1. The van der Waals surface area contributed by atoms with Crippen molar-refractivity contribution >= 4 is 36.6 Å². The second kappa shape index (κ2) is 7.37. The smallest absolute Gasteiger partial charge is 0.387 e. The molecule has 4 atom stereocenters. The van der Waals surface area contributed by atoms with Gasteiger partial charge >= 0.3 is 7.82 Å². The Morgan fingerprint density at radius 3 is 2.77 bits per heavy atom. The maximum Gasteiger partial charge on any atom is 0.469 e. The van der Waals surface area contributed by atoms with Crippen LogP contribution in [0.15, 0.2) is 11.5 Å². The number of hydrogen-bond acceptors (Lipinski definition) is 10. The van der Waals surface area contributed by atoms with Crippen LogP contribution in [0.5, 0.6) is 0 Å². The Morgan fingerprint density at radius 2 is 2.12 bits per heavy atom. The highest BCUT2D eigenvalue weighted by Crippen LogP contribution is 2.39. The van der Waals surface area contributed by atoms with Crippen LogP contribution in [0.2, 0.25) is 0 Å². The van der Waals surface area contributed by atoms with Crippen molar-refractivity contribution in [1.82, 2.24) is 19.5 Å². The summed E-state index contributed by atoms with van der Waals surface area (Å²) in [5.41, 5.74) is 6.50. The van der Waals surface area contributed by atoms with Gasteiger partial charge in [-0.2, -0.15) is 0 Å². The van der Waals surface area contributed by atoms with Gasteiger partial charge in [0.25, 0.3) is 0 Å². The Kier molecular flexibility index (Phi) is 5.51. The molecular formula is C12H18N5O7PS. The predicted octanol–water partition coefficient (Wildman–Crippen LogP) is -0.751. The van der Waals surface area contributed by atoms with Gasteiger partial charge in [-0.25, -0.2) is 19.5 Å². The molecule has 0 unspecified atom stereocenters. The Labute approximate surface area is 151 Å². The fraction of sp³-hybridized carbons (Fsp3) is 0.583. The van der Waals surface area contributed by atoms with Gasteiger partial charge in [0.15, 0.2) is 22.8 Å². The zero-order valence-electron chi connectivity index (χ0n) is 13.5. The summed E-state index contributed by atoms with van der Waals surface area (Å²) in [7, 11) is -4.74. The minimum Gasteiger partial charge on any atom is -0.387 e. The number of aliphatic hydroxyl groups excluding tert-OH is 2. The zero-order valence-corrected chi connectivity index (χ0v) is 15.2. The Balaban J connectivity index is 1.90. The van der Waals surface area contributed by atoms with Crippen molar-refractivity contribution in [3.05, 3.63) is 6.33 Å². The van der Waals surface area contributed by atoms with Crippen molar-refractivity contribution in [2.75, 3.05) is 18.1 Å². The summed E-state index contributed by atoms with van der Waals surface area (Å²) in [6.07, 6.45) is -3.72. The molecule has 12 nitrogen and oxygen atoms in total. The lowest BCUT2D eigenvalue weighted by molar-refractivity contribution is -0.0504. The quantitative estimate of drug-likeness (QED) is 0.229. The van der Waals surface area contributed by atoms with Crippen LogP contribution in [0.3, 0.4) is 0 Å². The molecule has 0 saturated carbocycles. The first-order valence-corrected chi connectivity index (χ1v) is 10.1. The van der Waals surface area contributed by atoms with E-state index in [1.807, 2.05) is 6.92 Å². The lowest BCUT2D eigenvalue weighted by atomic mass is 10.1. The van der Waals surface area contributed by atoms with Gasteiger partial charge < -0.3 is 30.5 Å². The molecule has 144 valence electrons. The number of aliphatic hydroxyl groups is 2. The Morgan fingerprint density at radius 1 is 1.38 bits per heavy atom. The molecule has 0 bridgehead atoms. The predicted molar refractivity (Wildman–Crippen MR) is 90.1 cm³/mol. The molecule has 0 amide bonds. The fourth-order valence-electron chi connectivity index (χ4n) is 2.56. The van der Waals surface area contributed by atoms with Gasteiger partial charge in [0.2, 0.25) is 0 Å². The number of ether oxygens (including phenoxy) is 1. The monoisotopic (exact) mass is 407 g/mol. The molecule has 1 fully saturated rings. The number of imidazole rings is 1. The average molecular weight is 407 g/mol. The average Bonchev–Trinajstić information content (AvgIpc) is 3.08. The van der Waals surface area contributed by atoms with Crippen LogP contribution in [0.4, 0.5) is 5.82 Å². The van der Waals surface area contributed by atoms with Crippen LogP contribution in [0.25, 0.3) is 11.2 Å². The van der Waals surface area contributed by atoms with E-state index in [9.17, 15) is 14.8 Å². The van der Waals surface area contributed by atoms with E-state index < -0.39 is 39.0 Å². The molecule has 1 aliphatic heterocycles. The van der Waals surface area contributed by atoms with Crippen LogP contribution in [0, 0.1) is 0 Å². The van der Waals surface area contributed by atoms with Gasteiger partial charge in [0.1, 0.15) is 23.8 Å². The van der Waals surface area contributed by atoms with Crippen molar-refractivity contribution in [3.63, 3.8) is 0 Å². The Hall–Kier alpha value is -1.31. The summed E-state index contributed by atoms with van der Waals surface area (Å²) in [4.78, 5) is 30.1. The summed E-state index contributed by atoms with van der Waals surface area (Å²) in [5, 5.41) is 20.8. The molecule has 2 aromatic rings. The summed E-state index contributed by atoms with van der Waals surface area (Å²) in [6, 6.07) is 0.